The monoisotopic (exact) mass is 309 g/mol. The van der Waals surface area contributed by atoms with Gasteiger partial charge in [-0.3, -0.25) is 4.79 Å². The summed E-state index contributed by atoms with van der Waals surface area (Å²) in [6.07, 6.45) is 3.96. The van der Waals surface area contributed by atoms with Crippen molar-refractivity contribution in [2.45, 2.75) is 32.1 Å². The number of aryl methyl sites for hydroxylation is 1. The molecule has 0 fully saturated rings. The molecule has 3 heteroatoms. The van der Waals surface area contributed by atoms with Crippen LogP contribution in [0, 0.1) is 0 Å². The number of hydrogen-bond donors (Lipinski definition) is 2. The van der Waals surface area contributed by atoms with Crippen molar-refractivity contribution in [1.82, 2.24) is 5.32 Å². The minimum Gasteiger partial charge on any atom is -0.396 e. The molecule has 120 valence electrons. The second-order valence-electron chi connectivity index (χ2n) is 6.11. The Morgan fingerprint density at radius 2 is 1.87 bits per heavy atom. The van der Waals surface area contributed by atoms with Crippen LogP contribution < -0.4 is 5.32 Å². The molecule has 2 aromatic carbocycles. The molecule has 1 aliphatic carbocycles. The molecule has 23 heavy (non-hydrogen) atoms. The van der Waals surface area contributed by atoms with Gasteiger partial charge in [-0.2, -0.15) is 0 Å². The zero-order chi connectivity index (χ0) is 16.1. The first-order valence-corrected chi connectivity index (χ1v) is 8.35. The lowest BCUT2D eigenvalue weighted by atomic mass is 10.00. The van der Waals surface area contributed by atoms with Gasteiger partial charge in [0.05, 0.1) is 0 Å². The highest BCUT2D eigenvalue weighted by Crippen LogP contribution is 2.36. The Labute approximate surface area is 137 Å². The summed E-state index contributed by atoms with van der Waals surface area (Å²) < 4.78 is 0. The van der Waals surface area contributed by atoms with Crippen LogP contribution in [0.3, 0.4) is 0 Å². The first kappa shape index (κ1) is 15.8. The van der Waals surface area contributed by atoms with Gasteiger partial charge in [-0.1, -0.05) is 42.5 Å². The van der Waals surface area contributed by atoms with Crippen LogP contribution in [0.2, 0.25) is 0 Å². The van der Waals surface area contributed by atoms with E-state index >= 15 is 0 Å². The lowest BCUT2D eigenvalue weighted by Crippen LogP contribution is -2.24. The van der Waals surface area contributed by atoms with E-state index in [9.17, 15) is 4.79 Å². The molecule has 2 N–H and O–H groups in total. The van der Waals surface area contributed by atoms with E-state index < -0.39 is 0 Å². The molecular formula is C20H23NO2. The van der Waals surface area contributed by atoms with Crippen LogP contribution in [-0.2, 0) is 17.6 Å². The van der Waals surface area contributed by atoms with Gasteiger partial charge in [-0.25, -0.2) is 0 Å². The number of carbonyl (C=O) groups excluding carboxylic acids is 1. The highest BCUT2D eigenvalue weighted by molar-refractivity contribution is 5.77. The summed E-state index contributed by atoms with van der Waals surface area (Å²) in [5, 5.41) is 11.5. The molecule has 0 aromatic heterocycles. The number of fused-ring (bicyclic) bond motifs is 3. The molecule has 3 rings (SSSR count). The highest BCUT2D eigenvalue weighted by Gasteiger charge is 2.17. The molecule has 3 nitrogen and oxygen atoms in total. The normalized spacial score (nSPS) is 11.9. The smallest absolute Gasteiger partial charge is 0.220 e. The van der Waals surface area contributed by atoms with Crippen LogP contribution in [0.1, 0.15) is 36.0 Å². The maximum absolute atomic E-state index is 11.7. The van der Waals surface area contributed by atoms with Crippen molar-refractivity contribution in [3.8, 4) is 11.1 Å². The van der Waals surface area contributed by atoms with Crippen molar-refractivity contribution in [2.24, 2.45) is 0 Å². The molecular weight excluding hydrogens is 286 g/mol. The summed E-state index contributed by atoms with van der Waals surface area (Å²) in [7, 11) is 0. The standard InChI is InChI=1S/C20H23NO2/c22-12-4-11-21-20(23)8-3-5-15-9-10-17-14-16-6-1-2-7-18(16)19(17)13-15/h1-2,6-7,9-10,13,22H,3-5,8,11-12,14H2,(H,21,23). The van der Waals surface area contributed by atoms with Gasteiger partial charge < -0.3 is 10.4 Å². The summed E-state index contributed by atoms with van der Waals surface area (Å²) in [6, 6.07) is 15.3. The fraction of sp³-hybridized carbons (Fsp3) is 0.350. The van der Waals surface area contributed by atoms with Crippen LogP contribution >= 0.6 is 0 Å². The van der Waals surface area contributed by atoms with Gasteiger partial charge in [0.2, 0.25) is 5.91 Å². The third kappa shape index (κ3) is 3.80. The van der Waals surface area contributed by atoms with Crippen molar-refractivity contribution >= 4 is 5.91 Å². The number of carbonyl (C=O) groups is 1. The van der Waals surface area contributed by atoms with E-state index in [1.807, 2.05) is 0 Å². The van der Waals surface area contributed by atoms with E-state index in [4.69, 9.17) is 5.11 Å². The van der Waals surface area contributed by atoms with Crippen LogP contribution in [-0.4, -0.2) is 24.2 Å². The van der Waals surface area contributed by atoms with Crippen molar-refractivity contribution in [1.29, 1.82) is 0 Å². The number of amides is 1. The molecule has 0 atom stereocenters. The summed E-state index contributed by atoms with van der Waals surface area (Å²) in [5.74, 6) is 0.0740. The van der Waals surface area contributed by atoms with Gasteiger partial charge in [0, 0.05) is 19.6 Å². The molecule has 0 spiro atoms. The van der Waals surface area contributed by atoms with E-state index in [0.717, 1.165) is 19.3 Å². The van der Waals surface area contributed by atoms with Crippen molar-refractivity contribution in [2.75, 3.05) is 13.2 Å². The number of nitrogens with one attached hydrogen (secondary N) is 1. The topological polar surface area (TPSA) is 49.3 Å². The van der Waals surface area contributed by atoms with E-state index in [-0.39, 0.29) is 12.5 Å². The van der Waals surface area contributed by atoms with Gasteiger partial charge in [0.1, 0.15) is 0 Å². The SMILES string of the molecule is O=C(CCCc1ccc2c(c1)-c1ccccc1C2)NCCCO. The minimum atomic E-state index is 0.0740. The summed E-state index contributed by atoms with van der Waals surface area (Å²) in [5.41, 5.74) is 6.81. The number of aliphatic hydroxyl groups excluding tert-OH is 1. The van der Waals surface area contributed by atoms with Crippen LogP contribution in [0.5, 0.6) is 0 Å². The second kappa shape index (κ2) is 7.42. The number of aliphatic hydroxyl groups is 1. The zero-order valence-electron chi connectivity index (χ0n) is 13.3. The average Bonchev–Trinajstić information content (AvgIpc) is 2.93. The summed E-state index contributed by atoms with van der Waals surface area (Å²) >= 11 is 0. The lowest BCUT2D eigenvalue weighted by molar-refractivity contribution is -0.121. The van der Waals surface area contributed by atoms with Crippen LogP contribution in [0.4, 0.5) is 0 Å². The Morgan fingerprint density at radius 1 is 1.04 bits per heavy atom. The van der Waals surface area contributed by atoms with E-state index in [1.165, 1.54) is 27.8 Å². The Kier molecular flexibility index (Phi) is 5.09. The van der Waals surface area contributed by atoms with Gasteiger partial charge >= 0.3 is 0 Å². The first-order chi connectivity index (χ1) is 11.3. The Bertz CT molecular complexity index is 694. The van der Waals surface area contributed by atoms with Crippen LogP contribution in [0.15, 0.2) is 42.5 Å². The van der Waals surface area contributed by atoms with Crippen molar-refractivity contribution in [3.63, 3.8) is 0 Å². The Morgan fingerprint density at radius 3 is 2.74 bits per heavy atom. The second-order valence-corrected chi connectivity index (χ2v) is 6.11. The predicted octanol–water partition coefficient (Wildman–Crippen LogP) is 3.08. The van der Waals surface area contributed by atoms with E-state index in [2.05, 4.69) is 47.8 Å². The van der Waals surface area contributed by atoms with Gasteiger partial charge in [0.15, 0.2) is 0 Å². The number of rotatable bonds is 7. The zero-order valence-corrected chi connectivity index (χ0v) is 13.3. The maximum Gasteiger partial charge on any atom is 0.220 e. The fourth-order valence-corrected chi connectivity index (χ4v) is 3.17. The van der Waals surface area contributed by atoms with Gasteiger partial charge in [0.25, 0.3) is 0 Å². The van der Waals surface area contributed by atoms with E-state index in [1.54, 1.807) is 0 Å². The van der Waals surface area contributed by atoms with Gasteiger partial charge in [-0.05, 0) is 53.5 Å². The highest BCUT2D eigenvalue weighted by atomic mass is 16.3. The van der Waals surface area contributed by atoms with E-state index in [0.29, 0.717) is 19.4 Å². The fourth-order valence-electron chi connectivity index (χ4n) is 3.17. The molecule has 2 aromatic rings. The lowest BCUT2D eigenvalue weighted by Gasteiger charge is -2.07. The quantitative estimate of drug-likeness (QED) is 0.659. The summed E-state index contributed by atoms with van der Waals surface area (Å²) in [6.45, 7) is 0.682. The molecule has 0 heterocycles. The first-order valence-electron chi connectivity index (χ1n) is 8.35. The van der Waals surface area contributed by atoms with Crippen LogP contribution in [0.25, 0.3) is 11.1 Å². The minimum absolute atomic E-state index is 0.0740. The predicted molar refractivity (Wildman–Crippen MR) is 92.3 cm³/mol. The van der Waals surface area contributed by atoms with Crippen molar-refractivity contribution < 1.29 is 9.90 Å². The molecule has 0 saturated carbocycles. The number of benzene rings is 2. The molecule has 0 saturated heterocycles. The molecule has 0 aliphatic heterocycles. The Balaban J connectivity index is 1.56. The third-order valence-corrected chi connectivity index (χ3v) is 4.39. The van der Waals surface area contributed by atoms with Gasteiger partial charge in [-0.15, -0.1) is 0 Å². The maximum atomic E-state index is 11.7. The molecule has 0 bridgehead atoms. The summed E-state index contributed by atoms with van der Waals surface area (Å²) in [4.78, 5) is 11.7. The average molecular weight is 309 g/mol. The Hall–Kier alpha value is -2.13. The molecule has 1 amide bonds. The third-order valence-electron chi connectivity index (χ3n) is 4.39. The molecule has 0 unspecified atom stereocenters. The molecule has 1 aliphatic rings. The largest absolute Gasteiger partial charge is 0.396 e. The number of hydrogen-bond acceptors (Lipinski definition) is 2. The van der Waals surface area contributed by atoms with Crippen molar-refractivity contribution in [3.05, 3.63) is 59.2 Å². The molecule has 0 radical (unpaired) electrons.